The van der Waals surface area contributed by atoms with E-state index in [4.69, 9.17) is 4.74 Å². The first-order valence-corrected chi connectivity index (χ1v) is 7.97. The molecule has 1 rings (SSSR count). The Bertz CT molecular complexity index is 548. The summed E-state index contributed by atoms with van der Waals surface area (Å²) in [6.07, 6.45) is 0.506. The molecule has 0 saturated carbocycles. The maximum Gasteiger partial charge on any atom is 0.407 e. The number of carbonyl (C=O) groups is 2. The van der Waals surface area contributed by atoms with Gasteiger partial charge in [0.1, 0.15) is 5.60 Å². The molecule has 5 heteroatoms. The molecule has 0 aliphatic heterocycles. The quantitative estimate of drug-likeness (QED) is 0.791. The zero-order chi connectivity index (χ0) is 17.5. The van der Waals surface area contributed by atoms with Gasteiger partial charge in [-0.3, -0.25) is 4.79 Å². The average Bonchev–Trinajstić information content (AvgIpc) is 2.40. The third kappa shape index (κ3) is 8.24. The molecule has 0 radical (unpaired) electrons. The molecule has 0 atom stereocenters. The Balaban J connectivity index is 2.21. The summed E-state index contributed by atoms with van der Waals surface area (Å²) in [5.41, 5.74) is 3.01. The number of alkyl carbamates (subject to hydrolysis) is 1. The predicted molar refractivity (Wildman–Crippen MR) is 91.2 cm³/mol. The van der Waals surface area contributed by atoms with Crippen LogP contribution in [0.4, 0.5) is 4.79 Å². The van der Waals surface area contributed by atoms with Gasteiger partial charge in [-0.05, 0) is 52.2 Å². The average molecular weight is 320 g/mol. The second kappa shape index (κ2) is 8.56. The van der Waals surface area contributed by atoms with Gasteiger partial charge in [-0.15, -0.1) is 0 Å². The van der Waals surface area contributed by atoms with Crippen LogP contribution in [-0.2, 0) is 16.1 Å². The number of ether oxygens (including phenoxy) is 1. The first kappa shape index (κ1) is 19.0. The molecule has 0 fully saturated rings. The van der Waals surface area contributed by atoms with E-state index in [1.165, 1.54) is 11.1 Å². The molecule has 2 N–H and O–H groups in total. The summed E-state index contributed by atoms with van der Waals surface area (Å²) >= 11 is 0. The van der Waals surface area contributed by atoms with Crippen LogP contribution >= 0.6 is 0 Å². The minimum absolute atomic E-state index is 0.0176. The highest BCUT2D eigenvalue weighted by molar-refractivity contribution is 5.76. The molecular formula is C18H28N2O3. The molecular weight excluding hydrogens is 292 g/mol. The SMILES string of the molecule is Cc1ccc(CNC(=O)CCCNC(=O)OC(C)(C)C)c(C)c1. The van der Waals surface area contributed by atoms with Gasteiger partial charge in [-0.25, -0.2) is 4.79 Å². The second-order valence-electron chi connectivity index (χ2n) is 6.74. The summed E-state index contributed by atoms with van der Waals surface area (Å²) in [6.45, 7) is 10.5. The van der Waals surface area contributed by atoms with Gasteiger partial charge < -0.3 is 15.4 Å². The lowest BCUT2D eigenvalue weighted by molar-refractivity contribution is -0.121. The number of amides is 2. The summed E-state index contributed by atoms with van der Waals surface area (Å²) in [4.78, 5) is 23.3. The molecule has 5 nitrogen and oxygen atoms in total. The van der Waals surface area contributed by atoms with Gasteiger partial charge in [-0.2, -0.15) is 0 Å². The van der Waals surface area contributed by atoms with E-state index in [-0.39, 0.29) is 5.91 Å². The van der Waals surface area contributed by atoms with Gasteiger partial charge in [-0.1, -0.05) is 23.8 Å². The number of benzene rings is 1. The molecule has 0 spiro atoms. The van der Waals surface area contributed by atoms with Crippen LogP contribution in [0.2, 0.25) is 0 Å². The zero-order valence-electron chi connectivity index (χ0n) is 14.8. The molecule has 2 amide bonds. The van der Waals surface area contributed by atoms with Crippen molar-refractivity contribution in [2.75, 3.05) is 6.54 Å². The van der Waals surface area contributed by atoms with Crippen molar-refractivity contribution in [3.63, 3.8) is 0 Å². The third-order valence-corrected chi connectivity index (χ3v) is 3.22. The lowest BCUT2D eigenvalue weighted by Gasteiger charge is -2.19. The molecule has 0 heterocycles. The number of hydrogen-bond donors (Lipinski definition) is 2. The zero-order valence-corrected chi connectivity index (χ0v) is 14.8. The fraction of sp³-hybridized carbons (Fsp3) is 0.556. The van der Waals surface area contributed by atoms with Gasteiger partial charge in [0, 0.05) is 19.5 Å². The first-order chi connectivity index (χ1) is 10.7. The van der Waals surface area contributed by atoms with Crippen LogP contribution in [-0.4, -0.2) is 24.1 Å². The van der Waals surface area contributed by atoms with E-state index in [0.29, 0.717) is 25.9 Å². The van der Waals surface area contributed by atoms with Crippen LogP contribution in [0.25, 0.3) is 0 Å². The number of carbonyl (C=O) groups excluding carboxylic acids is 2. The van der Waals surface area contributed by atoms with Crippen molar-refractivity contribution in [3.8, 4) is 0 Å². The maximum absolute atomic E-state index is 11.8. The van der Waals surface area contributed by atoms with E-state index in [1.807, 2.05) is 46.8 Å². The van der Waals surface area contributed by atoms with Gasteiger partial charge in [0.2, 0.25) is 5.91 Å². The number of rotatable bonds is 6. The largest absolute Gasteiger partial charge is 0.444 e. The fourth-order valence-corrected chi connectivity index (χ4v) is 2.08. The molecule has 0 aromatic heterocycles. The highest BCUT2D eigenvalue weighted by Gasteiger charge is 2.15. The molecule has 0 unspecified atom stereocenters. The molecule has 0 aliphatic carbocycles. The summed E-state index contributed by atoms with van der Waals surface area (Å²) in [7, 11) is 0. The Morgan fingerprint density at radius 1 is 1.13 bits per heavy atom. The van der Waals surface area contributed by atoms with E-state index in [0.717, 1.165) is 5.56 Å². The molecule has 1 aromatic carbocycles. The van der Waals surface area contributed by atoms with E-state index >= 15 is 0 Å². The van der Waals surface area contributed by atoms with Gasteiger partial charge >= 0.3 is 6.09 Å². The Labute approximate surface area is 138 Å². The summed E-state index contributed by atoms with van der Waals surface area (Å²) in [5.74, 6) is -0.0176. The minimum atomic E-state index is -0.507. The first-order valence-electron chi connectivity index (χ1n) is 7.97. The molecule has 0 bridgehead atoms. The maximum atomic E-state index is 11.8. The standard InChI is InChI=1S/C18H28N2O3/c1-13-8-9-15(14(2)11-13)12-20-16(21)7-6-10-19-17(22)23-18(3,4)5/h8-9,11H,6-7,10,12H2,1-5H3,(H,19,22)(H,20,21). The lowest BCUT2D eigenvalue weighted by Crippen LogP contribution is -2.33. The number of aryl methyl sites for hydroxylation is 2. The molecule has 0 aliphatic rings. The smallest absolute Gasteiger partial charge is 0.407 e. The van der Waals surface area contributed by atoms with Gasteiger partial charge in [0.15, 0.2) is 0 Å². The van der Waals surface area contributed by atoms with Gasteiger partial charge in [0.25, 0.3) is 0 Å². The number of hydrogen-bond acceptors (Lipinski definition) is 3. The highest BCUT2D eigenvalue weighted by Crippen LogP contribution is 2.10. The monoisotopic (exact) mass is 320 g/mol. The topological polar surface area (TPSA) is 67.4 Å². The normalized spacial score (nSPS) is 11.0. The fourth-order valence-electron chi connectivity index (χ4n) is 2.08. The van der Waals surface area contributed by atoms with Gasteiger partial charge in [0.05, 0.1) is 0 Å². The molecule has 0 saturated heterocycles. The highest BCUT2D eigenvalue weighted by atomic mass is 16.6. The van der Waals surface area contributed by atoms with Crippen molar-refractivity contribution in [2.24, 2.45) is 0 Å². The van der Waals surface area contributed by atoms with E-state index in [9.17, 15) is 9.59 Å². The van der Waals surface area contributed by atoms with Crippen molar-refractivity contribution < 1.29 is 14.3 Å². The lowest BCUT2D eigenvalue weighted by atomic mass is 10.1. The summed E-state index contributed by atoms with van der Waals surface area (Å²) in [5, 5.41) is 5.55. The van der Waals surface area contributed by atoms with Crippen LogP contribution in [0, 0.1) is 13.8 Å². The van der Waals surface area contributed by atoms with Crippen molar-refractivity contribution in [1.82, 2.24) is 10.6 Å². The molecule has 128 valence electrons. The Morgan fingerprint density at radius 2 is 1.83 bits per heavy atom. The van der Waals surface area contributed by atoms with Crippen LogP contribution in [0.1, 0.15) is 50.3 Å². The Hall–Kier alpha value is -2.04. The van der Waals surface area contributed by atoms with Crippen molar-refractivity contribution in [1.29, 1.82) is 0 Å². The van der Waals surface area contributed by atoms with Crippen LogP contribution in [0.3, 0.4) is 0 Å². The Kier molecular flexibility index (Phi) is 7.07. The van der Waals surface area contributed by atoms with Crippen LogP contribution in [0.15, 0.2) is 18.2 Å². The van der Waals surface area contributed by atoms with Crippen molar-refractivity contribution in [2.45, 2.75) is 59.6 Å². The van der Waals surface area contributed by atoms with Crippen molar-refractivity contribution in [3.05, 3.63) is 34.9 Å². The molecule has 1 aromatic rings. The summed E-state index contributed by atoms with van der Waals surface area (Å²) in [6, 6.07) is 6.18. The Morgan fingerprint density at radius 3 is 2.43 bits per heavy atom. The van der Waals surface area contributed by atoms with Crippen molar-refractivity contribution >= 4 is 12.0 Å². The third-order valence-electron chi connectivity index (χ3n) is 3.22. The van der Waals surface area contributed by atoms with Crippen LogP contribution < -0.4 is 10.6 Å². The predicted octanol–water partition coefficient (Wildman–Crippen LogP) is 3.22. The van der Waals surface area contributed by atoms with Crippen LogP contribution in [0.5, 0.6) is 0 Å². The minimum Gasteiger partial charge on any atom is -0.444 e. The molecule has 23 heavy (non-hydrogen) atoms. The summed E-state index contributed by atoms with van der Waals surface area (Å²) < 4.78 is 5.12. The second-order valence-corrected chi connectivity index (χ2v) is 6.74. The number of nitrogens with one attached hydrogen (secondary N) is 2. The van der Waals surface area contributed by atoms with E-state index in [2.05, 4.69) is 16.7 Å². The van der Waals surface area contributed by atoms with E-state index < -0.39 is 11.7 Å². The van der Waals surface area contributed by atoms with E-state index in [1.54, 1.807) is 0 Å².